The summed E-state index contributed by atoms with van der Waals surface area (Å²) in [7, 11) is 0. The molecule has 332 valence electrons. The predicted molar refractivity (Wildman–Crippen MR) is 310 cm³/mol. The molecule has 0 unspecified atom stereocenters. The number of fused-ring (bicyclic) bond motifs is 10. The Morgan fingerprint density at radius 1 is 0.194 bits per heavy atom. The first kappa shape index (κ1) is 40.3. The summed E-state index contributed by atoms with van der Waals surface area (Å²) in [5.41, 5.74) is 15.4. The first-order valence-electron chi connectivity index (χ1n) is 24.8. The molecule has 72 heavy (non-hydrogen) atoms. The van der Waals surface area contributed by atoms with Crippen LogP contribution in [-0.2, 0) is 0 Å². The third kappa shape index (κ3) is 5.91. The highest BCUT2D eigenvalue weighted by molar-refractivity contribution is 8.00. The minimum atomic E-state index is 1.25. The molecule has 0 saturated heterocycles. The fourth-order valence-corrected chi connectivity index (χ4v) is 14.8. The van der Waals surface area contributed by atoms with E-state index in [9.17, 15) is 0 Å². The van der Waals surface area contributed by atoms with Crippen LogP contribution in [0.25, 0.3) is 142 Å². The number of hydrogen-bond donors (Lipinski definition) is 0. The van der Waals surface area contributed by atoms with Gasteiger partial charge in [-0.2, -0.15) is 0 Å². The van der Waals surface area contributed by atoms with E-state index in [1.165, 1.54) is 162 Å². The van der Waals surface area contributed by atoms with E-state index in [4.69, 9.17) is 0 Å². The van der Waals surface area contributed by atoms with Gasteiger partial charge in [0, 0.05) is 30.4 Å². The smallest absolute Gasteiger partial charge is 0.0208 e. The summed E-state index contributed by atoms with van der Waals surface area (Å²) in [6.07, 6.45) is 0. The van der Waals surface area contributed by atoms with Crippen LogP contribution in [0.15, 0.2) is 262 Å². The zero-order chi connectivity index (χ0) is 47.0. The summed E-state index contributed by atoms with van der Waals surface area (Å²) >= 11 is 3.84. The molecule has 0 aliphatic carbocycles. The Morgan fingerprint density at radius 2 is 0.472 bits per heavy atom. The van der Waals surface area contributed by atoms with Crippen LogP contribution in [0.5, 0.6) is 0 Å². The van der Waals surface area contributed by atoms with Crippen molar-refractivity contribution in [3.05, 3.63) is 243 Å². The summed E-state index contributed by atoms with van der Waals surface area (Å²) in [6.45, 7) is 0. The molecular weight excluding hydrogens is 905 g/mol. The van der Waals surface area contributed by atoms with E-state index < -0.39 is 0 Å². The van der Waals surface area contributed by atoms with Crippen LogP contribution in [0.3, 0.4) is 0 Å². The lowest BCUT2D eigenvalue weighted by Crippen LogP contribution is -1.99. The average Bonchev–Trinajstić information content (AvgIpc) is 3.44. The third-order valence-electron chi connectivity index (χ3n) is 15.6. The molecule has 0 radical (unpaired) electrons. The van der Waals surface area contributed by atoms with Crippen molar-refractivity contribution in [3.63, 3.8) is 0 Å². The lowest BCUT2D eigenvalue weighted by Gasteiger charge is -2.27. The molecule has 2 heterocycles. The second kappa shape index (κ2) is 15.5. The normalized spacial score (nSPS) is 12.6. The van der Waals surface area contributed by atoms with Crippen molar-refractivity contribution < 1.29 is 0 Å². The van der Waals surface area contributed by atoms with E-state index >= 15 is 0 Å². The van der Waals surface area contributed by atoms with Crippen LogP contribution in [0, 0.1) is 0 Å². The highest BCUT2D eigenvalue weighted by Crippen LogP contribution is 2.57. The Labute approximate surface area is 425 Å². The quantitative estimate of drug-likeness (QED) is 0.161. The van der Waals surface area contributed by atoms with Crippen molar-refractivity contribution >= 4 is 98.9 Å². The van der Waals surface area contributed by atoms with Crippen LogP contribution in [0.4, 0.5) is 0 Å². The van der Waals surface area contributed by atoms with Gasteiger partial charge in [-0.25, -0.2) is 0 Å². The van der Waals surface area contributed by atoms with Crippen molar-refractivity contribution in [3.8, 4) is 66.8 Å². The fraction of sp³-hybridized carbons (Fsp3) is 0. The molecule has 16 rings (SSSR count). The molecular formula is C70H40S2. The van der Waals surface area contributed by atoms with Crippen molar-refractivity contribution in [2.75, 3.05) is 0 Å². The second-order valence-corrected chi connectivity index (χ2v) is 21.6. The Kier molecular flexibility index (Phi) is 8.71. The van der Waals surface area contributed by atoms with Gasteiger partial charge in [-0.1, -0.05) is 230 Å². The van der Waals surface area contributed by atoms with Gasteiger partial charge in [0.05, 0.1) is 0 Å². The van der Waals surface area contributed by atoms with E-state index in [0.717, 1.165) is 0 Å². The first-order chi connectivity index (χ1) is 35.7. The summed E-state index contributed by atoms with van der Waals surface area (Å²) in [4.78, 5) is 5.24. The van der Waals surface area contributed by atoms with Crippen molar-refractivity contribution in [2.24, 2.45) is 0 Å². The zero-order valence-corrected chi connectivity index (χ0v) is 40.5. The predicted octanol–water partition coefficient (Wildman–Crippen LogP) is 20.7. The maximum absolute atomic E-state index is 2.46. The molecule has 0 atom stereocenters. The van der Waals surface area contributed by atoms with Gasteiger partial charge in [-0.15, -0.1) is 0 Å². The molecule has 2 aliphatic heterocycles. The molecule has 14 aromatic rings. The van der Waals surface area contributed by atoms with Gasteiger partial charge in [0.25, 0.3) is 0 Å². The topological polar surface area (TPSA) is 0 Å². The maximum Gasteiger partial charge on any atom is 0.0208 e. The van der Waals surface area contributed by atoms with Gasteiger partial charge in [-0.05, 0) is 168 Å². The van der Waals surface area contributed by atoms with E-state index in [1.54, 1.807) is 0 Å². The van der Waals surface area contributed by atoms with Gasteiger partial charge in [0.1, 0.15) is 0 Å². The van der Waals surface area contributed by atoms with Gasteiger partial charge >= 0.3 is 0 Å². The standard InChI is InChI=1S/C70H40S2/c1-3-15-43-37-45(27-25-41(43)13-1)65-51-17-5-9-21-55(51)67(56-22-10-6-18-52(56)65)47-29-31-49-59-33-34-60-50-32-30-48(40-64(50)72-62-36-35-61(69(59)70(60)62)71-63(49)39-47)68-57-23-11-7-19-53(57)66(54-20-8-12-24-58(54)68)46-28-26-42-14-2-4-16-44(42)38-46/h1-40H. The Balaban J connectivity index is 0.813. The molecule has 0 bridgehead atoms. The third-order valence-corrected chi connectivity index (χ3v) is 17.8. The van der Waals surface area contributed by atoms with Crippen LogP contribution >= 0.6 is 23.5 Å². The Bertz CT molecular complexity index is 4280. The van der Waals surface area contributed by atoms with Gasteiger partial charge in [0.15, 0.2) is 0 Å². The van der Waals surface area contributed by atoms with E-state index in [2.05, 4.69) is 243 Å². The van der Waals surface area contributed by atoms with E-state index in [1.807, 2.05) is 23.5 Å². The van der Waals surface area contributed by atoms with E-state index in [0.29, 0.717) is 0 Å². The van der Waals surface area contributed by atoms with Crippen LogP contribution in [0.1, 0.15) is 0 Å². The highest BCUT2D eigenvalue weighted by Gasteiger charge is 2.28. The largest absolute Gasteiger partial charge is 0.0887 e. The Morgan fingerprint density at radius 3 is 0.819 bits per heavy atom. The van der Waals surface area contributed by atoms with Gasteiger partial charge in [-0.3, -0.25) is 0 Å². The molecule has 0 N–H and O–H groups in total. The van der Waals surface area contributed by atoms with E-state index in [-0.39, 0.29) is 0 Å². The average molecular weight is 945 g/mol. The number of rotatable bonds is 4. The molecule has 0 nitrogen and oxygen atoms in total. The molecule has 2 aliphatic rings. The number of hydrogen-bond acceptors (Lipinski definition) is 2. The summed E-state index contributed by atoms with van der Waals surface area (Å²) in [5, 5.41) is 18.0. The highest BCUT2D eigenvalue weighted by atomic mass is 32.2. The molecule has 2 heteroatoms. The van der Waals surface area contributed by atoms with Crippen molar-refractivity contribution in [2.45, 2.75) is 19.6 Å². The first-order valence-corrected chi connectivity index (χ1v) is 26.4. The summed E-state index contributed by atoms with van der Waals surface area (Å²) in [5.74, 6) is 0. The minimum absolute atomic E-state index is 1.25. The maximum atomic E-state index is 2.46. The molecule has 0 aromatic heterocycles. The van der Waals surface area contributed by atoms with Gasteiger partial charge < -0.3 is 0 Å². The van der Waals surface area contributed by atoms with Crippen LogP contribution in [-0.4, -0.2) is 0 Å². The zero-order valence-electron chi connectivity index (χ0n) is 38.9. The fourth-order valence-electron chi connectivity index (χ4n) is 12.4. The molecule has 0 amide bonds. The minimum Gasteiger partial charge on any atom is -0.0887 e. The summed E-state index contributed by atoms with van der Waals surface area (Å²) < 4.78 is 0. The lowest BCUT2D eigenvalue weighted by molar-refractivity contribution is 1.34. The number of benzene rings is 14. The SMILES string of the molecule is c1ccc2cc(-c3c4ccccc4c(-c4ccc5c(c4)Sc4ccc6c7c(ccc-5c47)-c4ccc(-c5c7ccccc7c(-c7ccc8ccccc8c7)c7ccccc57)cc4S6)c4ccccc34)ccc2c1. The molecule has 0 saturated carbocycles. The lowest BCUT2D eigenvalue weighted by atomic mass is 9.84. The van der Waals surface area contributed by atoms with Crippen LogP contribution < -0.4 is 0 Å². The second-order valence-electron chi connectivity index (χ2n) is 19.4. The van der Waals surface area contributed by atoms with Crippen LogP contribution in [0.2, 0.25) is 0 Å². The Hall–Kier alpha value is -8.40. The summed E-state index contributed by atoms with van der Waals surface area (Å²) in [6, 6.07) is 91.2. The monoisotopic (exact) mass is 944 g/mol. The molecule has 0 fully saturated rings. The molecule has 0 spiro atoms. The van der Waals surface area contributed by atoms with Crippen molar-refractivity contribution in [1.82, 2.24) is 0 Å². The molecule has 14 aromatic carbocycles. The van der Waals surface area contributed by atoms with Gasteiger partial charge in [0.2, 0.25) is 0 Å². The van der Waals surface area contributed by atoms with Crippen molar-refractivity contribution in [1.29, 1.82) is 0 Å².